The summed E-state index contributed by atoms with van der Waals surface area (Å²) in [6.45, 7) is 7.54. The molecule has 0 aliphatic rings. The molecule has 0 aliphatic carbocycles. The van der Waals surface area contributed by atoms with Crippen molar-refractivity contribution in [3.05, 3.63) is 27.4 Å². The zero-order valence-corrected chi connectivity index (χ0v) is 25.4. The summed E-state index contributed by atoms with van der Waals surface area (Å²) in [7, 11) is -4.16. The minimum atomic E-state index is -4.16. The number of hydrogen-bond donors (Lipinski definition) is 4. The third kappa shape index (κ3) is 11.7. The van der Waals surface area contributed by atoms with Crippen LogP contribution < -0.4 is 5.56 Å². The molecule has 12 nitrogen and oxygen atoms in total. The maximum atomic E-state index is 13.1. The third-order valence-electron chi connectivity index (χ3n) is 5.05. The molecule has 0 spiro atoms. The van der Waals surface area contributed by atoms with Gasteiger partial charge in [-0.05, 0) is 19.1 Å². The molecule has 0 amide bonds. The SMILES string of the molecule is CC(C)C(=O)SCCOP(=O)(OCCSC(=O)C(C)C)OCCC(O)[C@@](C)(O)[C@@H](O)n1ccc(=O)[nH]c1=S. The topological polar surface area (TPSA) is 177 Å². The molecule has 38 heavy (non-hydrogen) atoms. The largest absolute Gasteiger partial charge is 0.474 e. The van der Waals surface area contributed by atoms with Crippen molar-refractivity contribution >= 4 is 53.8 Å². The van der Waals surface area contributed by atoms with E-state index >= 15 is 0 Å². The number of H-pyrrole nitrogens is 1. The van der Waals surface area contributed by atoms with Crippen LogP contribution >= 0.6 is 43.6 Å². The molecule has 1 aromatic heterocycles. The molecule has 0 bridgehead atoms. The lowest BCUT2D eigenvalue weighted by Crippen LogP contribution is -2.48. The summed E-state index contributed by atoms with van der Waals surface area (Å²) in [4.78, 5) is 37.2. The quantitative estimate of drug-likeness (QED) is 0.114. The summed E-state index contributed by atoms with van der Waals surface area (Å²) in [5, 5.41) is 31.7. The maximum absolute atomic E-state index is 13.1. The fraction of sp³-hybridized carbons (Fsp3) is 0.727. The fourth-order valence-electron chi connectivity index (χ4n) is 2.67. The average Bonchev–Trinajstić information content (AvgIpc) is 2.83. The van der Waals surface area contributed by atoms with E-state index in [2.05, 4.69) is 4.98 Å². The molecule has 0 radical (unpaired) electrons. The van der Waals surface area contributed by atoms with E-state index in [1.807, 2.05) is 0 Å². The molecular weight excluding hydrogens is 579 g/mol. The number of carbonyl (C=O) groups excluding carboxylic acids is 2. The van der Waals surface area contributed by atoms with Crippen LogP contribution in [0.2, 0.25) is 0 Å². The molecular formula is C22H37N2O10PS3. The molecule has 0 aromatic carbocycles. The lowest BCUT2D eigenvalue weighted by molar-refractivity contribution is -0.167. The summed E-state index contributed by atoms with van der Waals surface area (Å²) in [5.41, 5.74) is -2.64. The zero-order chi connectivity index (χ0) is 29.1. The van der Waals surface area contributed by atoms with Crippen molar-refractivity contribution in [1.29, 1.82) is 0 Å². The van der Waals surface area contributed by atoms with Crippen molar-refractivity contribution in [2.75, 3.05) is 31.3 Å². The Balaban J connectivity index is 2.77. The molecule has 1 aromatic rings. The van der Waals surface area contributed by atoms with Crippen molar-refractivity contribution in [2.45, 2.75) is 59.0 Å². The summed E-state index contributed by atoms with van der Waals surface area (Å²) in [5.74, 6) is 0.0611. The van der Waals surface area contributed by atoms with Gasteiger partial charge in [0.05, 0.1) is 25.9 Å². The predicted molar refractivity (Wildman–Crippen MR) is 148 cm³/mol. The number of hydrogen-bond acceptors (Lipinski definition) is 13. The van der Waals surface area contributed by atoms with Crippen molar-refractivity contribution in [1.82, 2.24) is 9.55 Å². The van der Waals surface area contributed by atoms with Gasteiger partial charge in [0.15, 0.2) is 21.2 Å². The molecule has 16 heteroatoms. The van der Waals surface area contributed by atoms with Crippen LogP contribution in [0.4, 0.5) is 0 Å². The van der Waals surface area contributed by atoms with E-state index in [4.69, 9.17) is 25.8 Å². The van der Waals surface area contributed by atoms with Gasteiger partial charge in [-0.1, -0.05) is 51.2 Å². The van der Waals surface area contributed by atoms with E-state index in [-0.39, 0.29) is 58.0 Å². The molecule has 4 N–H and O–H groups in total. The van der Waals surface area contributed by atoms with E-state index in [9.17, 15) is 34.3 Å². The highest BCUT2D eigenvalue weighted by Crippen LogP contribution is 2.50. The summed E-state index contributed by atoms with van der Waals surface area (Å²) < 4.78 is 29.9. The molecule has 1 rings (SSSR count). The third-order valence-corrected chi connectivity index (χ3v) is 9.11. The molecule has 1 unspecified atom stereocenters. The first kappa shape index (κ1) is 35.2. The standard InChI is InChI=1S/C22H37N2O10PS3/c1-14(2)18(27)37-12-10-33-35(31,34-11-13-38-19(28)15(3)4)32-9-7-16(25)22(5,30)20(29)24-8-6-17(26)23-21(24)36/h6,8,14-16,20,25,29-30H,7,9-13H2,1-5H3,(H,23,26,36)/t16?,20-,22-/m1/s1. The number of phosphoric ester groups is 1. The summed E-state index contributed by atoms with van der Waals surface area (Å²) in [6, 6.07) is 1.09. The number of rotatable bonds is 17. The Bertz CT molecular complexity index is 1040. The van der Waals surface area contributed by atoms with E-state index < -0.39 is 37.9 Å². The first-order valence-electron chi connectivity index (χ1n) is 11.9. The van der Waals surface area contributed by atoms with E-state index in [1.54, 1.807) is 27.7 Å². The second kappa shape index (κ2) is 16.4. The van der Waals surface area contributed by atoms with Crippen LogP contribution in [0.1, 0.15) is 47.3 Å². The Morgan fingerprint density at radius 3 is 1.97 bits per heavy atom. The first-order valence-corrected chi connectivity index (χ1v) is 15.7. The maximum Gasteiger partial charge on any atom is 0.474 e. The van der Waals surface area contributed by atoms with Gasteiger partial charge >= 0.3 is 7.82 Å². The van der Waals surface area contributed by atoms with Gasteiger partial charge in [-0.25, -0.2) is 4.57 Å². The van der Waals surface area contributed by atoms with Gasteiger partial charge in [0.25, 0.3) is 5.56 Å². The number of phosphoric acid groups is 1. The average molecular weight is 617 g/mol. The minimum absolute atomic E-state index is 0.0552. The van der Waals surface area contributed by atoms with E-state index in [0.717, 1.165) is 41.1 Å². The Kier molecular flexibility index (Phi) is 15.2. The molecule has 0 saturated carbocycles. The van der Waals surface area contributed by atoms with Crippen molar-refractivity contribution in [3.8, 4) is 0 Å². The number of aromatic amines is 1. The number of aliphatic hydroxyl groups is 3. The fourth-order valence-corrected chi connectivity index (χ4v) is 5.76. The van der Waals surface area contributed by atoms with Crippen molar-refractivity contribution in [3.63, 3.8) is 0 Å². The van der Waals surface area contributed by atoms with E-state index in [1.165, 1.54) is 6.20 Å². The van der Waals surface area contributed by atoms with Crippen LogP contribution in [0, 0.1) is 16.6 Å². The highest BCUT2D eigenvalue weighted by Gasteiger charge is 2.40. The van der Waals surface area contributed by atoms with Gasteiger partial charge in [0, 0.05) is 42.0 Å². The number of nitrogens with one attached hydrogen (secondary N) is 1. The Labute approximate surface area is 235 Å². The Hall–Kier alpha value is -0.870. The number of nitrogens with zero attached hydrogens (tertiary/aromatic N) is 1. The van der Waals surface area contributed by atoms with Crippen molar-refractivity contribution in [2.24, 2.45) is 11.8 Å². The number of aromatic nitrogens is 2. The zero-order valence-electron chi connectivity index (χ0n) is 22.0. The van der Waals surface area contributed by atoms with Crippen LogP contribution in [0.3, 0.4) is 0 Å². The molecule has 3 atom stereocenters. The van der Waals surface area contributed by atoms with Gasteiger partial charge in [-0.2, -0.15) is 0 Å². The van der Waals surface area contributed by atoms with Gasteiger partial charge in [-0.3, -0.25) is 37.5 Å². The molecule has 0 aliphatic heterocycles. The summed E-state index contributed by atoms with van der Waals surface area (Å²) >= 11 is 7.02. The molecule has 0 fully saturated rings. The number of aliphatic hydroxyl groups excluding tert-OH is 2. The lowest BCUT2D eigenvalue weighted by atomic mass is 9.94. The Morgan fingerprint density at radius 1 is 1.05 bits per heavy atom. The second-order valence-electron chi connectivity index (χ2n) is 9.01. The van der Waals surface area contributed by atoms with Crippen LogP contribution in [-0.2, 0) is 27.7 Å². The minimum Gasteiger partial charge on any atom is -0.390 e. The molecule has 0 saturated heterocycles. The monoisotopic (exact) mass is 616 g/mol. The first-order chi connectivity index (χ1) is 17.6. The van der Waals surface area contributed by atoms with Crippen LogP contribution in [0.25, 0.3) is 0 Å². The molecule has 1 heterocycles. The number of thioether (sulfide) groups is 2. The van der Waals surface area contributed by atoms with Gasteiger partial charge in [-0.15, -0.1) is 0 Å². The van der Waals surface area contributed by atoms with E-state index in [0.29, 0.717) is 0 Å². The lowest BCUT2D eigenvalue weighted by Gasteiger charge is -2.34. The summed E-state index contributed by atoms with van der Waals surface area (Å²) in [6.07, 6.45) is -2.44. The number of carbonyl (C=O) groups is 2. The predicted octanol–water partition coefficient (Wildman–Crippen LogP) is 2.89. The van der Waals surface area contributed by atoms with Crippen molar-refractivity contribution < 1.29 is 43.0 Å². The Morgan fingerprint density at radius 2 is 1.53 bits per heavy atom. The van der Waals surface area contributed by atoms with Crippen LogP contribution in [0.15, 0.2) is 17.1 Å². The van der Waals surface area contributed by atoms with Crippen LogP contribution in [0.5, 0.6) is 0 Å². The molecule has 218 valence electrons. The smallest absolute Gasteiger partial charge is 0.390 e. The van der Waals surface area contributed by atoms with Gasteiger partial charge < -0.3 is 15.3 Å². The normalized spacial score (nSPS) is 15.4. The van der Waals surface area contributed by atoms with Gasteiger partial charge in [0.2, 0.25) is 0 Å². The highest BCUT2D eigenvalue weighted by molar-refractivity contribution is 8.13. The second-order valence-corrected chi connectivity index (χ2v) is 13.3. The van der Waals surface area contributed by atoms with Crippen LogP contribution in [-0.4, -0.2) is 78.1 Å². The highest BCUT2D eigenvalue weighted by atomic mass is 32.2. The van der Waals surface area contributed by atoms with Gasteiger partial charge in [0.1, 0.15) is 5.60 Å².